The van der Waals surface area contributed by atoms with Crippen molar-refractivity contribution in [1.29, 1.82) is 0 Å². The van der Waals surface area contributed by atoms with Gasteiger partial charge in [-0.1, -0.05) is 81.4 Å². The molecule has 17 amide bonds. The summed E-state index contributed by atoms with van der Waals surface area (Å²) in [6.45, 7) is 27.2. The van der Waals surface area contributed by atoms with Gasteiger partial charge < -0.3 is 149 Å². The molecule has 0 aliphatic carbocycles. The van der Waals surface area contributed by atoms with E-state index in [4.69, 9.17) is 48.6 Å². The van der Waals surface area contributed by atoms with Gasteiger partial charge >= 0.3 is 5.97 Å². The molecule has 0 aromatic rings. The Kier molecular flexibility index (Phi) is 65.2. The number of amides is 17. The lowest BCUT2D eigenvalue weighted by Crippen LogP contribution is -2.65. The number of aliphatic carboxylic acids is 1. The van der Waals surface area contributed by atoms with Gasteiger partial charge in [0.15, 0.2) is 0 Å². The maximum Gasteiger partial charge on any atom is 0.326 e. The minimum atomic E-state index is -1.92. The molecule has 0 radical (unpaired) electrons. The number of nitrogens with two attached hydrogens (primary N) is 6. The fourth-order valence-electron chi connectivity index (χ4n) is 15.2. The van der Waals surface area contributed by atoms with Crippen LogP contribution in [-0.4, -0.2) is 304 Å². The summed E-state index contributed by atoms with van der Waals surface area (Å²) in [4.78, 5) is 255. The molecular formula is C96H177N23O23. The summed E-state index contributed by atoms with van der Waals surface area (Å²) in [6, 6.07) is -20.1. The first-order valence-electron chi connectivity index (χ1n) is 50.6. The molecule has 0 bridgehead atoms. The van der Waals surface area contributed by atoms with Crippen LogP contribution in [0, 0.1) is 29.6 Å². The second-order valence-corrected chi connectivity index (χ2v) is 39.2. The molecule has 814 valence electrons. The Bertz CT molecular complexity index is 3940. The summed E-state index contributed by atoms with van der Waals surface area (Å²) in [5, 5.41) is 66.2. The van der Waals surface area contributed by atoms with E-state index < -0.39 is 227 Å². The number of hydrogen-bond donors (Lipinski definition) is 25. The van der Waals surface area contributed by atoms with Gasteiger partial charge in [-0.05, 0) is 264 Å². The lowest BCUT2D eigenvalue weighted by atomic mass is 9.91. The largest absolute Gasteiger partial charge is 0.480 e. The van der Waals surface area contributed by atoms with Crippen LogP contribution >= 0.6 is 0 Å². The van der Waals surface area contributed by atoms with Gasteiger partial charge in [0, 0.05) is 6.54 Å². The predicted molar refractivity (Wildman–Crippen MR) is 535 cm³/mol. The standard InChI is InChI=1S/C96H177N23O23/c1-57(2)51-71(115-84(128)68(35-23-30-42-99)109-83(127)66(33-21-28-40-97)107-76(121)56-142-50-49-141-48-47-140-46-45-102)85(129)104-62(11)78(122)108-67(34-22-29-41-98)82(126)103-63(12)79(123)114-74(54-60(7)8)88(132)117-77(61(9)10)91(135)116-75(55-120)90(134)119-96(16)39-27-20-18-17-19-26-38-95(15,93(138)105-65(14)81(125)113-73(53-59(5)6)87(131)111-70(92(136)137)37-25-32-44-101)118-89(133)69(36-24-31-43-100)110-86(130)72(52-58(3)4)112-80(124)64(13)106-94(96)139/h17-18,57-75,77,120H,19-56,97-102H2,1-16H3,(H,103,126)(H,104,129)(H,105,138)(H,106,139)(H,107,121)(H,108,122)(H,109,127)(H,110,130)(H,111,131)(H,112,124)(H,113,125)(H,114,123)(H,115,128)(H,116,135)(H,117,132)(H,118,133)(H,119,134)(H,136,137)/b18-17+/t62-,63-,64-,65-,66-,67-,68-,69-,70-,71-,72-,73-,74-,75-,77-,95-,96-/m0/s1. The van der Waals surface area contributed by atoms with Crippen molar-refractivity contribution >= 4 is 106 Å². The second kappa shape index (κ2) is 71.3. The molecule has 46 nitrogen and oxygen atoms in total. The molecule has 1 rings (SSSR count). The van der Waals surface area contributed by atoms with Crippen LogP contribution in [0.25, 0.3) is 0 Å². The molecule has 17 atom stereocenters. The molecular weight excluding hydrogens is 1840 g/mol. The van der Waals surface area contributed by atoms with Gasteiger partial charge in [0.05, 0.1) is 39.6 Å². The fraction of sp³-hybridized carbons (Fsp3) is 0.792. The normalized spacial score (nSPS) is 19.6. The number of ether oxygens (including phenoxy) is 3. The summed E-state index contributed by atoms with van der Waals surface area (Å²) >= 11 is 0. The van der Waals surface area contributed by atoms with Crippen molar-refractivity contribution in [2.45, 2.75) is 373 Å². The number of unbranched alkanes of at least 4 members (excludes halogenated alkanes) is 5. The monoisotopic (exact) mass is 2020 g/mol. The van der Waals surface area contributed by atoms with Gasteiger partial charge in [-0.15, -0.1) is 0 Å². The van der Waals surface area contributed by atoms with Crippen molar-refractivity contribution < 1.29 is 111 Å². The number of carbonyl (C=O) groups excluding carboxylic acids is 17. The minimum absolute atomic E-state index is 0.00423. The number of aliphatic hydroxyl groups is 1. The summed E-state index contributed by atoms with van der Waals surface area (Å²) in [6.07, 6.45) is 9.14. The quantitative estimate of drug-likeness (QED) is 0.0222. The van der Waals surface area contributed by atoms with Gasteiger partial charge in [-0.2, -0.15) is 0 Å². The smallest absolute Gasteiger partial charge is 0.326 e. The number of allylic oxidation sites excluding steroid dienone is 2. The van der Waals surface area contributed by atoms with Gasteiger partial charge in [0.2, 0.25) is 100 Å². The number of carboxylic acids is 1. The Balaban J connectivity index is 3.62. The van der Waals surface area contributed by atoms with E-state index in [0.29, 0.717) is 110 Å². The summed E-state index contributed by atoms with van der Waals surface area (Å²) in [7, 11) is 0. The highest BCUT2D eigenvalue weighted by molar-refractivity contribution is 6.02. The molecule has 0 unspecified atom stereocenters. The zero-order valence-electron chi connectivity index (χ0n) is 87.0. The molecule has 0 saturated heterocycles. The van der Waals surface area contributed by atoms with Gasteiger partial charge in [-0.25, -0.2) is 4.79 Å². The Morgan fingerprint density at radius 3 is 1.23 bits per heavy atom. The molecule has 0 spiro atoms. The van der Waals surface area contributed by atoms with Crippen LogP contribution in [-0.2, 0) is 101 Å². The van der Waals surface area contributed by atoms with E-state index in [9.17, 15) is 96.5 Å². The van der Waals surface area contributed by atoms with E-state index in [2.05, 4.69) is 90.4 Å². The summed E-state index contributed by atoms with van der Waals surface area (Å²) in [5.74, 6) is -16.9. The lowest BCUT2D eigenvalue weighted by Gasteiger charge is -2.33. The highest BCUT2D eigenvalue weighted by atomic mass is 16.5. The highest BCUT2D eigenvalue weighted by Crippen LogP contribution is 2.22. The van der Waals surface area contributed by atoms with Crippen molar-refractivity contribution in [3.05, 3.63) is 12.2 Å². The molecule has 0 aromatic heterocycles. The summed E-state index contributed by atoms with van der Waals surface area (Å²) < 4.78 is 16.2. The molecule has 1 aliphatic heterocycles. The lowest BCUT2D eigenvalue weighted by molar-refractivity contribution is -0.142. The first-order valence-corrected chi connectivity index (χ1v) is 50.6. The first kappa shape index (κ1) is 130. The molecule has 31 N–H and O–H groups in total. The third-order valence-electron chi connectivity index (χ3n) is 23.6. The number of hydrogen-bond acceptors (Lipinski definition) is 28. The van der Waals surface area contributed by atoms with Crippen molar-refractivity contribution in [1.82, 2.24) is 90.4 Å². The molecule has 0 aromatic carbocycles. The topological polar surface area (TPSA) is 736 Å². The number of aliphatic hydroxyl groups excluding tert-OH is 1. The Labute approximate surface area is 838 Å². The highest BCUT2D eigenvalue weighted by Gasteiger charge is 2.44. The van der Waals surface area contributed by atoms with E-state index in [1.54, 1.807) is 81.4 Å². The maximum atomic E-state index is 14.8. The van der Waals surface area contributed by atoms with Crippen molar-refractivity contribution in [2.75, 3.05) is 85.5 Å². The Morgan fingerprint density at radius 1 is 0.394 bits per heavy atom. The van der Waals surface area contributed by atoms with E-state index in [-0.39, 0.29) is 146 Å². The van der Waals surface area contributed by atoms with Crippen LogP contribution in [0.5, 0.6) is 0 Å². The number of nitrogens with one attached hydrogen (secondary N) is 17. The number of rotatable bonds is 66. The zero-order valence-corrected chi connectivity index (χ0v) is 87.0. The third kappa shape index (κ3) is 52.4. The third-order valence-corrected chi connectivity index (χ3v) is 23.6. The van der Waals surface area contributed by atoms with E-state index in [1.807, 2.05) is 0 Å². The number of carbonyl (C=O) groups is 18. The molecule has 1 heterocycles. The molecule has 0 fully saturated rings. The van der Waals surface area contributed by atoms with E-state index in [0.717, 1.165) is 0 Å². The molecule has 0 saturated carbocycles. The minimum Gasteiger partial charge on any atom is -0.480 e. The average Bonchev–Trinajstić information content (AvgIpc) is 0.904. The van der Waals surface area contributed by atoms with Crippen LogP contribution in [0.4, 0.5) is 0 Å². The van der Waals surface area contributed by atoms with Crippen molar-refractivity contribution in [2.24, 2.45) is 64.0 Å². The van der Waals surface area contributed by atoms with Crippen LogP contribution in [0.2, 0.25) is 0 Å². The zero-order chi connectivity index (χ0) is 107. The van der Waals surface area contributed by atoms with Crippen molar-refractivity contribution in [3.63, 3.8) is 0 Å². The van der Waals surface area contributed by atoms with Crippen LogP contribution in [0.15, 0.2) is 12.2 Å². The van der Waals surface area contributed by atoms with E-state index in [1.165, 1.54) is 41.5 Å². The molecule has 46 heteroatoms. The molecule has 142 heavy (non-hydrogen) atoms. The Hall–Kier alpha value is -10.2. The second-order valence-electron chi connectivity index (χ2n) is 39.2. The van der Waals surface area contributed by atoms with E-state index >= 15 is 0 Å². The first-order chi connectivity index (χ1) is 67.0. The van der Waals surface area contributed by atoms with Gasteiger partial charge in [0.25, 0.3) is 0 Å². The summed E-state index contributed by atoms with van der Waals surface area (Å²) in [5.41, 5.74) is 30.6. The van der Waals surface area contributed by atoms with Gasteiger partial charge in [-0.3, -0.25) is 81.5 Å². The number of carboxylic acid groups (broad SMARTS) is 1. The van der Waals surface area contributed by atoms with Gasteiger partial charge in [0.1, 0.15) is 108 Å². The van der Waals surface area contributed by atoms with Crippen LogP contribution in [0.3, 0.4) is 0 Å². The fourth-order valence-corrected chi connectivity index (χ4v) is 15.2. The molecule has 1 aliphatic rings. The maximum absolute atomic E-state index is 14.8. The Morgan fingerprint density at radius 2 is 0.775 bits per heavy atom. The SMILES string of the molecule is CC(C)C[C@H](NC(=O)[C@H](C)NC(=O)[C@]1(C)CCC/C=C/CCC[C@](C)(NC(=O)[C@H](CO)NC(=O)[C@@H](NC(=O)[C@H](CC(C)C)NC(=O)[C@H](C)NC(=O)[C@H](CCCCN)NC(=O)[C@H](C)NC(=O)[C@H](CC(C)C)NC(=O)[C@H](CCCCN)NC(=O)[C@H](CCCCN)NC(=O)COCCOCCOCCN)C(C)C)C(=O)N[C@@H](C)C(=O)N[C@@H](CC(C)C)C(=O)N[C@@H](CCCCN)C(=O)N1)C(=O)N[C@@H](CCCCN)C(=O)O. The van der Waals surface area contributed by atoms with Crippen LogP contribution in [0.1, 0.15) is 271 Å². The van der Waals surface area contributed by atoms with Crippen molar-refractivity contribution in [3.8, 4) is 0 Å². The predicted octanol–water partition coefficient (Wildman–Crippen LogP) is -2.43. The average molecular weight is 2020 g/mol. The van der Waals surface area contributed by atoms with Crippen LogP contribution < -0.4 is 125 Å².